The van der Waals surface area contributed by atoms with Gasteiger partial charge in [-0.15, -0.1) is 0 Å². The molecule has 0 bridgehead atoms. The number of ether oxygens (including phenoxy) is 2. The van der Waals surface area contributed by atoms with E-state index in [2.05, 4.69) is 4.90 Å². The van der Waals surface area contributed by atoms with Gasteiger partial charge in [-0.3, -0.25) is 0 Å². The zero-order chi connectivity index (χ0) is 15.1. The fraction of sp³-hybridized carbons (Fsp3) is 0.562. The molecule has 1 aliphatic heterocycles. The summed E-state index contributed by atoms with van der Waals surface area (Å²) in [6.07, 6.45) is 2.24. The maximum absolute atomic E-state index is 5.81. The van der Waals surface area contributed by atoms with Crippen LogP contribution in [0, 0.1) is 5.92 Å². The third-order valence-corrected chi connectivity index (χ3v) is 4.02. The summed E-state index contributed by atoms with van der Waals surface area (Å²) < 4.78 is 11.0. The fourth-order valence-electron chi connectivity index (χ4n) is 2.75. The van der Waals surface area contributed by atoms with E-state index in [0.29, 0.717) is 17.5 Å². The average Bonchev–Trinajstić information content (AvgIpc) is 2.92. The van der Waals surface area contributed by atoms with Crippen molar-refractivity contribution in [2.24, 2.45) is 11.7 Å². The SMILES string of the molecule is COCC1CCN(CCCOc2ccccc2C(N)=S)C1. The van der Waals surface area contributed by atoms with Crippen LogP contribution in [0.2, 0.25) is 0 Å². The maximum atomic E-state index is 5.81. The summed E-state index contributed by atoms with van der Waals surface area (Å²) in [7, 11) is 1.77. The van der Waals surface area contributed by atoms with Crippen molar-refractivity contribution in [2.45, 2.75) is 12.8 Å². The van der Waals surface area contributed by atoms with E-state index >= 15 is 0 Å². The molecule has 1 unspecified atom stereocenters. The summed E-state index contributed by atoms with van der Waals surface area (Å²) in [5.74, 6) is 1.47. The number of hydrogen-bond acceptors (Lipinski definition) is 4. The van der Waals surface area contributed by atoms with Crippen molar-refractivity contribution in [2.75, 3.05) is 40.0 Å². The lowest BCUT2D eigenvalue weighted by molar-refractivity contribution is 0.152. The lowest BCUT2D eigenvalue weighted by Crippen LogP contribution is -2.24. The van der Waals surface area contributed by atoms with Crippen molar-refractivity contribution >= 4 is 17.2 Å². The minimum atomic E-state index is 0.382. The van der Waals surface area contributed by atoms with E-state index in [9.17, 15) is 0 Å². The zero-order valence-corrected chi connectivity index (χ0v) is 13.4. The summed E-state index contributed by atoms with van der Waals surface area (Å²) >= 11 is 5.03. The van der Waals surface area contributed by atoms with E-state index in [1.54, 1.807) is 7.11 Å². The van der Waals surface area contributed by atoms with Crippen molar-refractivity contribution in [1.29, 1.82) is 0 Å². The highest BCUT2D eigenvalue weighted by Gasteiger charge is 2.21. The van der Waals surface area contributed by atoms with Gasteiger partial charge < -0.3 is 20.1 Å². The van der Waals surface area contributed by atoms with Crippen LogP contribution in [0.3, 0.4) is 0 Å². The molecule has 2 rings (SSSR count). The molecule has 4 nitrogen and oxygen atoms in total. The van der Waals surface area contributed by atoms with Crippen LogP contribution in [0.5, 0.6) is 5.75 Å². The summed E-state index contributed by atoms with van der Waals surface area (Å²) in [4.78, 5) is 2.86. The minimum Gasteiger partial charge on any atom is -0.493 e. The Balaban J connectivity index is 1.70. The molecule has 0 amide bonds. The fourth-order valence-corrected chi connectivity index (χ4v) is 2.92. The first kappa shape index (κ1) is 16.2. The minimum absolute atomic E-state index is 0.382. The highest BCUT2D eigenvalue weighted by Crippen LogP contribution is 2.19. The summed E-state index contributed by atoms with van der Waals surface area (Å²) in [5.41, 5.74) is 6.51. The van der Waals surface area contributed by atoms with Crippen LogP contribution < -0.4 is 10.5 Å². The van der Waals surface area contributed by atoms with Gasteiger partial charge in [-0.2, -0.15) is 0 Å². The third kappa shape index (κ3) is 4.95. The highest BCUT2D eigenvalue weighted by atomic mass is 32.1. The average molecular weight is 308 g/mol. The lowest BCUT2D eigenvalue weighted by atomic mass is 10.1. The predicted octanol–water partition coefficient (Wildman–Crippen LogP) is 2.06. The summed E-state index contributed by atoms with van der Waals surface area (Å²) in [5, 5.41) is 0. The first-order chi connectivity index (χ1) is 10.2. The van der Waals surface area contributed by atoms with Gasteiger partial charge in [0.25, 0.3) is 0 Å². The van der Waals surface area contributed by atoms with Crippen LogP contribution in [-0.4, -0.2) is 49.8 Å². The number of nitrogens with zero attached hydrogens (tertiary/aromatic N) is 1. The van der Waals surface area contributed by atoms with Crippen molar-refractivity contribution in [3.63, 3.8) is 0 Å². The van der Waals surface area contributed by atoms with Gasteiger partial charge in [-0.1, -0.05) is 24.4 Å². The molecule has 0 aromatic heterocycles. The Morgan fingerprint density at radius 2 is 2.24 bits per heavy atom. The quantitative estimate of drug-likeness (QED) is 0.588. The third-order valence-electron chi connectivity index (χ3n) is 3.80. The number of hydrogen-bond donors (Lipinski definition) is 1. The van der Waals surface area contributed by atoms with Crippen molar-refractivity contribution < 1.29 is 9.47 Å². The number of benzene rings is 1. The van der Waals surface area contributed by atoms with Gasteiger partial charge in [0.15, 0.2) is 0 Å². The summed E-state index contributed by atoms with van der Waals surface area (Å²) in [6.45, 7) is 4.92. The van der Waals surface area contributed by atoms with Gasteiger partial charge >= 0.3 is 0 Å². The largest absolute Gasteiger partial charge is 0.493 e. The molecule has 0 spiro atoms. The Morgan fingerprint density at radius 3 is 3.00 bits per heavy atom. The first-order valence-electron chi connectivity index (χ1n) is 7.43. The van der Waals surface area contributed by atoms with Crippen LogP contribution in [0.1, 0.15) is 18.4 Å². The molecule has 1 fully saturated rings. The van der Waals surface area contributed by atoms with E-state index in [1.165, 1.54) is 6.42 Å². The Kier molecular flexibility index (Phi) is 6.42. The number of thiocarbonyl (C=S) groups is 1. The predicted molar refractivity (Wildman–Crippen MR) is 88.9 cm³/mol. The molecule has 1 aliphatic rings. The smallest absolute Gasteiger partial charge is 0.129 e. The number of nitrogens with two attached hydrogens (primary N) is 1. The van der Waals surface area contributed by atoms with Gasteiger partial charge in [0.2, 0.25) is 0 Å². The number of para-hydroxylation sites is 1. The normalized spacial score (nSPS) is 18.8. The number of methoxy groups -OCH3 is 1. The van der Waals surface area contributed by atoms with E-state index in [0.717, 1.165) is 44.0 Å². The highest BCUT2D eigenvalue weighted by molar-refractivity contribution is 7.80. The standard InChI is InChI=1S/C16H24N2O2S/c1-19-12-13-7-9-18(11-13)8-4-10-20-15-6-3-2-5-14(15)16(17)21/h2-3,5-6,13H,4,7-12H2,1H3,(H2,17,21). The molecule has 0 radical (unpaired) electrons. The van der Waals surface area contributed by atoms with E-state index in [-0.39, 0.29) is 0 Å². The van der Waals surface area contributed by atoms with Crippen LogP contribution in [0.25, 0.3) is 0 Å². The van der Waals surface area contributed by atoms with Gasteiger partial charge in [-0.25, -0.2) is 0 Å². The molecular formula is C16H24N2O2S. The maximum Gasteiger partial charge on any atom is 0.129 e. The van der Waals surface area contributed by atoms with Crippen LogP contribution >= 0.6 is 12.2 Å². The number of likely N-dealkylation sites (tertiary alicyclic amines) is 1. The second kappa shape index (κ2) is 8.32. The Hall–Kier alpha value is -1.17. The van der Waals surface area contributed by atoms with Gasteiger partial charge in [0, 0.05) is 20.2 Å². The van der Waals surface area contributed by atoms with Crippen molar-refractivity contribution in [3.8, 4) is 5.75 Å². The number of rotatable bonds is 8. The molecule has 0 aliphatic carbocycles. The van der Waals surface area contributed by atoms with E-state index in [4.69, 9.17) is 27.4 Å². The first-order valence-corrected chi connectivity index (χ1v) is 7.84. The van der Waals surface area contributed by atoms with Crippen LogP contribution in [0.4, 0.5) is 0 Å². The van der Waals surface area contributed by atoms with Crippen LogP contribution in [0.15, 0.2) is 24.3 Å². The summed E-state index contributed by atoms with van der Waals surface area (Å²) in [6, 6.07) is 7.67. The Labute approximate surface area is 132 Å². The monoisotopic (exact) mass is 308 g/mol. The molecule has 1 aromatic rings. The lowest BCUT2D eigenvalue weighted by Gasteiger charge is -2.16. The Morgan fingerprint density at radius 1 is 1.43 bits per heavy atom. The molecule has 1 atom stereocenters. The Bertz CT molecular complexity index is 467. The molecule has 2 N–H and O–H groups in total. The molecule has 1 heterocycles. The van der Waals surface area contributed by atoms with Gasteiger partial charge in [-0.05, 0) is 37.4 Å². The van der Waals surface area contributed by atoms with Gasteiger partial charge in [0.05, 0.1) is 18.8 Å². The molecule has 116 valence electrons. The molecule has 21 heavy (non-hydrogen) atoms. The van der Waals surface area contributed by atoms with Crippen LogP contribution in [-0.2, 0) is 4.74 Å². The molecule has 5 heteroatoms. The van der Waals surface area contributed by atoms with Gasteiger partial charge in [0.1, 0.15) is 10.7 Å². The van der Waals surface area contributed by atoms with E-state index in [1.807, 2.05) is 24.3 Å². The second-order valence-corrected chi connectivity index (χ2v) is 5.91. The van der Waals surface area contributed by atoms with E-state index < -0.39 is 0 Å². The second-order valence-electron chi connectivity index (χ2n) is 5.47. The zero-order valence-electron chi connectivity index (χ0n) is 12.6. The van der Waals surface area contributed by atoms with Crippen molar-refractivity contribution in [1.82, 2.24) is 4.90 Å². The topological polar surface area (TPSA) is 47.7 Å². The molecule has 1 aromatic carbocycles. The molecule has 1 saturated heterocycles. The molecule has 0 saturated carbocycles. The van der Waals surface area contributed by atoms with Crippen molar-refractivity contribution in [3.05, 3.63) is 29.8 Å². The molecular weight excluding hydrogens is 284 g/mol.